The molecule has 5 atom stereocenters. The number of hydrogen-bond acceptors (Lipinski definition) is 4. The summed E-state index contributed by atoms with van der Waals surface area (Å²) in [5, 5.41) is 23.9. The molecule has 31 heavy (non-hydrogen) atoms. The predicted molar refractivity (Wildman–Crippen MR) is 128 cm³/mol. The van der Waals surface area contributed by atoms with Gasteiger partial charge in [-0.2, -0.15) is 0 Å². The largest absolute Gasteiger partial charge is 0.393 e. The Hall–Kier alpha value is -1.17. The van der Waals surface area contributed by atoms with Crippen molar-refractivity contribution in [1.82, 2.24) is 5.32 Å². The Labute approximate surface area is 190 Å². The number of nitrogens with one attached hydrogen (secondary N) is 1. The highest BCUT2D eigenvalue weighted by molar-refractivity contribution is 5.76. The van der Waals surface area contributed by atoms with Gasteiger partial charge >= 0.3 is 0 Å². The molecule has 1 amide bonds. The van der Waals surface area contributed by atoms with Crippen molar-refractivity contribution >= 4 is 5.91 Å². The number of allylic oxidation sites excluding steroid dienone is 2. The van der Waals surface area contributed by atoms with Crippen molar-refractivity contribution in [1.29, 1.82) is 0 Å². The highest BCUT2D eigenvalue weighted by Gasteiger charge is 2.41. The molecular weight excluding hydrogens is 390 g/mol. The summed E-state index contributed by atoms with van der Waals surface area (Å²) in [6.07, 6.45) is 16.2. The van der Waals surface area contributed by atoms with Crippen molar-refractivity contribution in [3.8, 4) is 0 Å². The van der Waals surface area contributed by atoms with E-state index in [2.05, 4.69) is 37.4 Å². The maximum Gasteiger partial charge on any atom is 0.220 e. The number of carbonyl (C=O) groups is 1. The van der Waals surface area contributed by atoms with Gasteiger partial charge in [-0.25, -0.2) is 0 Å². The average Bonchev–Trinajstić information content (AvgIpc) is 3.01. The molecule has 1 fully saturated rings. The first-order valence-corrected chi connectivity index (χ1v) is 12.5. The van der Waals surface area contributed by atoms with Crippen LogP contribution in [0.5, 0.6) is 0 Å². The van der Waals surface area contributed by atoms with E-state index in [1.165, 1.54) is 0 Å². The van der Waals surface area contributed by atoms with E-state index in [-0.39, 0.29) is 29.9 Å². The van der Waals surface area contributed by atoms with E-state index in [0.717, 1.165) is 51.4 Å². The van der Waals surface area contributed by atoms with Crippen molar-refractivity contribution in [3.63, 3.8) is 0 Å². The molecule has 1 saturated carbocycles. The second kappa shape index (κ2) is 16.5. The van der Waals surface area contributed by atoms with Gasteiger partial charge in [0.05, 0.1) is 18.3 Å². The molecule has 0 heterocycles. The van der Waals surface area contributed by atoms with Crippen LogP contribution in [0.25, 0.3) is 0 Å². The highest BCUT2D eigenvalue weighted by Crippen LogP contribution is 2.38. The normalized spacial score (nSPS) is 25.1. The van der Waals surface area contributed by atoms with Gasteiger partial charge in [-0.15, -0.1) is 0 Å². The standard InChI is InChI=1S/C26H47NO4/c1-5-7-10-13-21(28)16-17-23-22(24(29)19-25(23)31-18-6-2)14-11-8-9-12-15-26(30)27-20(3)4/h8,11,16-17,20-25,28-29H,5-7,9-10,12-15,18-19H2,1-4H3,(H,27,30). The Kier molecular flexibility index (Phi) is 14.8. The number of unbranched alkanes of at least 4 members (excludes halogenated alkanes) is 3. The van der Waals surface area contributed by atoms with E-state index in [1.54, 1.807) is 0 Å². The van der Waals surface area contributed by atoms with E-state index in [0.29, 0.717) is 19.4 Å². The number of rotatable bonds is 16. The lowest BCUT2D eigenvalue weighted by Crippen LogP contribution is -2.29. The van der Waals surface area contributed by atoms with E-state index >= 15 is 0 Å². The Balaban J connectivity index is 2.57. The van der Waals surface area contributed by atoms with Crippen molar-refractivity contribution < 1.29 is 19.7 Å². The maximum absolute atomic E-state index is 11.7. The smallest absolute Gasteiger partial charge is 0.220 e. The number of hydrogen-bond donors (Lipinski definition) is 3. The molecule has 0 aromatic carbocycles. The minimum atomic E-state index is -0.427. The molecule has 5 unspecified atom stereocenters. The van der Waals surface area contributed by atoms with Gasteiger partial charge in [0.1, 0.15) is 0 Å². The lowest BCUT2D eigenvalue weighted by atomic mass is 9.89. The van der Waals surface area contributed by atoms with Gasteiger partial charge in [-0.3, -0.25) is 4.79 Å². The van der Waals surface area contributed by atoms with E-state index < -0.39 is 12.2 Å². The Morgan fingerprint density at radius 2 is 1.94 bits per heavy atom. The fraction of sp³-hybridized carbons (Fsp3) is 0.808. The highest BCUT2D eigenvalue weighted by atomic mass is 16.5. The van der Waals surface area contributed by atoms with Gasteiger partial charge in [-0.1, -0.05) is 57.4 Å². The molecule has 5 heteroatoms. The molecule has 0 aromatic rings. The SMILES string of the molecule is CCCCCC(O)C=CC1C(OCCC)CC(O)C1CC=CCCCC(=O)NC(C)C. The molecule has 0 aromatic heterocycles. The first-order valence-electron chi connectivity index (χ1n) is 12.5. The molecule has 1 aliphatic carbocycles. The first-order chi connectivity index (χ1) is 14.9. The van der Waals surface area contributed by atoms with Crippen LogP contribution in [0.4, 0.5) is 0 Å². The van der Waals surface area contributed by atoms with Gasteiger partial charge in [0, 0.05) is 31.4 Å². The van der Waals surface area contributed by atoms with Crippen LogP contribution < -0.4 is 5.32 Å². The minimum absolute atomic E-state index is 0.00664. The topological polar surface area (TPSA) is 78.8 Å². The molecule has 0 aliphatic heterocycles. The van der Waals surface area contributed by atoms with Crippen LogP contribution in [0.3, 0.4) is 0 Å². The molecule has 180 valence electrons. The minimum Gasteiger partial charge on any atom is -0.393 e. The number of aliphatic hydroxyl groups excluding tert-OH is 2. The van der Waals surface area contributed by atoms with Crippen molar-refractivity contribution in [2.45, 2.75) is 116 Å². The number of aliphatic hydroxyl groups is 2. The van der Waals surface area contributed by atoms with Gasteiger partial charge in [-0.05, 0) is 51.9 Å². The van der Waals surface area contributed by atoms with Crippen LogP contribution in [0.2, 0.25) is 0 Å². The van der Waals surface area contributed by atoms with Crippen LogP contribution in [-0.4, -0.2) is 47.1 Å². The van der Waals surface area contributed by atoms with Crippen LogP contribution in [-0.2, 0) is 9.53 Å². The molecule has 0 bridgehead atoms. The molecular formula is C26H47NO4. The summed E-state index contributed by atoms with van der Waals surface area (Å²) < 4.78 is 6.04. The molecule has 1 aliphatic rings. The number of ether oxygens (including phenoxy) is 1. The summed E-state index contributed by atoms with van der Waals surface area (Å²) in [5.41, 5.74) is 0. The maximum atomic E-state index is 11.7. The summed E-state index contributed by atoms with van der Waals surface area (Å²) >= 11 is 0. The Morgan fingerprint density at radius 1 is 1.16 bits per heavy atom. The lowest BCUT2D eigenvalue weighted by Gasteiger charge is -2.22. The predicted octanol–water partition coefficient (Wildman–Crippen LogP) is 4.92. The molecule has 0 saturated heterocycles. The van der Waals surface area contributed by atoms with Gasteiger partial charge in [0.15, 0.2) is 0 Å². The second-order valence-electron chi connectivity index (χ2n) is 9.22. The quantitative estimate of drug-likeness (QED) is 0.237. The van der Waals surface area contributed by atoms with Crippen LogP contribution >= 0.6 is 0 Å². The van der Waals surface area contributed by atoms with Gasteiger partial charge in [0.25, 0.3) is 0 Å². The van der Waals surface area contributed by atoms with Crippen LogP contribution in [0.15, 0.2) is 24.3 Å². The summed E-state index contributed by atoms with van der Waals surface area (Å²) in [6.45, 7) is 8.89. The van der Waals surface area contributed by atoms with E-state index in [9.17, 15) is 15.0 Å². The first kappa shape index (κ1) is 27.9. The zero-order valence-electron chi connectivity index (χ0n) is 20.3. The molecule has 3 N–H and O–H groups in total. The number of amides is 1. The van der Waals surface area contributed by atoms with E-state index in [4.69, 9.17) is 4.74 Å². The third-order valence-corrected chi connectivity index (χ3v) is 5.89. The third-order valence-electron chi connectivity index (χ3n) is 5.89. The zero-order chi connectivity index (χ0) is 23.1. The van der Waals surface area contributed by atoms with Crippen molar-refractivity contribution in [2.75, 3.05) is 6.61 Å². The summed E-state index contributed by atoms with van der Waals surface area (Å²) in [6, 6.07) is 0.185. The van der Waals surface area contributed by atoms with Crippen molar-refractivity contribution in [3.05, 3.63) is 24.3 Å². The molecule has 5 nitrogen and oxygen atoms in total. The lowest BCUT2D eigenvalue weighted by molar-refractivity contribution is -0.121. The van der Waals surface area contributed by atoms with Gasteiger partial charge in [0.2, 0.25) is 5.91 Å². The second-order valence-corrected chi connectivity index (χ2v) is 9.22. The summed E-state index contributed by atoms with van der Waals surface area (Å²) in [4.78, 5) is 11.7. The third kappa shape index (κ3) is 11.9. The monoisotopic (exact) mass is 437 g/mol. The van der Waals surface area contributed by atoms with Crippen LogP contribution in [0.1, 0.15) is 91.9 Å². The fourth-order valence-electron chi connectivity index (χ4n) is 4.23. The summed E-state index contributed by atoms with van der Waals surface area (Å²) in [7, 11) is 0. The van der Waals surface area contributed by atoms with E-state index in [1.807, 2.05) is 19.9 Å². The molecule has 0 spiro atoms. The Bertz CT molecular complexity index is 532. The molecule has 1 rings (SSSR count). The Morgan fingerprint density at radius 3 is 2.61 bits per heavy atom. The average molecular weight is 438 g/mol. The fourth-order valence-corrected chi connectivity index (χ4v) is 4.23. The van der Waals surface area contributed by atoms with Crippen LogP contribution in [0, 0.1) is 11.8 Å². The molecule has 0 radical (unpaired) electrons. The van der Waals surface area contributed by atoms with Crippen molar-refractivity contribution in [2.24, 2.45) is 11.8 Å². The van der Waals surface area contributed by atoms with Gasteiger partial charge < -0.3 is 20.3 Å². The number of carbonyl (C=O) groups excluding carboxylic acids is 1. The summed E-state index contributed by atoms with van der Waals surface area (Å²) in [5.74, 6) is 0.318. The zero-order valence-corrected chi connectivity index (χ0v) is 20.3.